The fourth-order valence-corrected chi connectivity index (χ4v) is 2.04. The molecule has 6 nitrogen and oxygen atoms in total. The number of rotatable bonds is 7. The number of halogens is 1. The number of hydrogen-bond acceptors (Lipinski definition) is 4. The summed E-state index contributed by atoms with van der Waals surface area (Å²) in [6.45, 7) is 1.40. The summed E-state index contributed by atoms with van der Waals surface area (Å²) in [7, 11) is 0. The highest BCUT2D eigenvalue weighted by Crippen LogP contribution is 2.20. The average molecular weight is 349 g/mol. The van der Waals surface area contributed by atoms with Crippen molar-refractivity contribution in [1.82, 2.24) is 0 Å². The first-order valence-corrected chi connectivity index (χ1v) is 7.56. The molecule has 0 spiro atoms. The molecule has 126 valence electrons. The van der Waals surface area contributed by atoms with Crippen molar-refractivity contribution < 1.29 is 19.1 Å². The van der Waals surface area contributed by atoms with E-state index < -0.39 is 12.0 Å². The third-order valence-electron chi connectivity index (χ3n) is 2.96. The summed E-state index contributed by atoms with van der Waals surface area (Å²) in [5.41, 5.74) is 5.54. The topological polar surface area (TPSA) is 90.7 Å². The van der Waals surface area contributed by atoms with Crippen LogP contribution in [0.1, 0.15) is 6.92 Å². The minimum Gasteiger partial charge on any atom is -0.484 e. The molecule has 24 heavy (non-hydrogen) atoms. The van der Waals surface area contributed by atoms with E-state index in [1.165, 1.54) is 0 Å². The van der Waals surface area contributed by atoms with Crippen LogP contribution in [0.4, 0.5) is 5.69 Å². The molecule has 0 aliphatic rings. The molecule has 2 aromatic carbocycles. The largest absolute Gasteiger partial charge is 0.484 e. The number of hydrogen-bond donors (Lipinski definition) is 2. The first-order chi connectivity index (χ1) is 11.4. The smallest absolute Gasteiger partial charge is 0.265 e. The molecule has 2 rings (SSSR count). The molecule has 0 aromatic heterocycles. The van der Waals surface area contributed by atoms with Gasteiger partial charge in [-0.2, -0.15) is 0 Å². The van der Waals surface area contributed by atoms with Crippen LogP contribution in [0.15, 0.2) is 48.5 Å². The Labute approximate surface area is 144 Å². The quantitative estimate of drug-likeness (QED) is 0.804. The van der Waals surface area contributed by atoms with E-state index in [1.807, 2.05) is 0 Å². The van der Waals surface area contributed by atoms with Crippen LogP contribution >= 0.6 is 11.6 Å². The highest BCUT2D eigenvalue weighted by atomic mass is 35.5. The van der Waals surface area contributed by atoms with Gasteiger partial charge in [0.05, 0.1) is 0 Å². The lowest BCUT2D eigenvalue weighted by Gasteiger charge is -2.15. The monoisotopic (exact) mass is 348 g/mol. The number of anilines is 1. The number of nitrogens with two attached hydrogens (primary N) is 1. The zero-order valence-corrected chi connectivity index (χ0v) is 13.7. The summed E-state index contributed by atoms with van der Waals surface area (Å²) in [6, 6.07) is 13.4. The third kappa shape index (κ3) is 5.48. The van der Waals surface area contributed by atoms with Crippen molar-refractivity contribution in [2.75, 3.05) is 11.9 Å². The van der Waals surface area contributed by atoms with E-state index in [2.05, 4.69) is 5.32 Å². The normalized spacial score (nSPS) is 11.4. The van der Waals surface area contributed by atoms with Gasteiger partial charge in [-0.1, -0.05) is 23.7 Å². The van der Waals surface area contributed by atoms with Crippen molar-refractivity contribution in [3.63, 3.8) is 0 Å². The maximum Gasteiger partial charge on any atom is 0.265 e. The molecule has 2 amide bonds. The van der Waals surface area contributed by atoms with E-state index in [1.54, 1.807) is 55.5 Å². The van der Waals surface area contributed by atoms with Crippen LogP contribution in [-0.2, 0) is 9.59 Å². The van der Waals surface area contributed by atoms with Crippen LogP contribution in [-0.4, -0.2) is 24.5 Å². The SMILES string of the molecule is CC(Oc1cccc(Cl)c1)C(=O)Nc1cccc(OCC(N)=O)c1. The molecule has 7 heteroatoms. The Morgan fingerprint density at radius 2 is 1.88 bits per heavy atom. The van der Waals surface area contributed by atoms with E-state index in [4.69, 9.17) is 26.8 Å². The summed E-state index contributed by atoms with van der Waals surface area (Å²) in [5, 5.41) is 3.24. The second-order valence-corrected chi connectivity index (χ2v) is 5.43. The number of primary amides is 1. The minimum absolute atomic E-state index is 0.230. The van der Waals surface area contributed by atoms with Crippen LogP contribution in [0.2, 0.25) is 5.02 Å². The molecule has 0 aliphatic carbocycles. The summed E-state index contributed by atoms with van der Waals surface area (Å²) < 4.78 is 10.7. The fourth-order valence-electron chi connectivity index (χ4n) is 1.86. The molecular formula is C17H17ClN2O4. The van der Waals surface area contributed by atoms with E-state index in [0.29, 0.717) is 22.2 Å². The molecule has 0 bridgehead atoms. The Morgan fingerprint density at radius 1 is 1.17 bits per heavy atom. The Kier molecular flexibility index (Phi) is 6.03. The van der Waals surface area contributed by atoms with Crippen molar-refractivity contribution in [1.29, 1.82) is 0 Å². The molecule has 2 aromatic rings. The molecule has 1 unspecified atom stereocenters. The zero-order valence-electron chi connectivity index (χ0n) is 13.0. The second kappa shape index (κ2) is 8.21. The van der Waals surface area contributed by atoms with Gasteiger partial charge in [0.25, 0.3) is 11.8 Å². The summed E-state index contributed by atoms with van der Waals surface area (Å²) in [6.07, 6.45) is -0.723. The molecule has 1 atom stereocenters. The predicted molar refractivity (Wildman–Crippen MR) is 91.3 cm³/mol. The number of nitrogens with one attached hydrogen (secondary N) is 1. The van der Waals surface area contributed by atoms with Crippen LogP contribution in [0.5, 0.6) is 11.5 Å². The highest BCUT2D eigenvalue weighted by Gasteiger charge is 2.15. The first kappa shape index (κ1) is 17.6. The molecule has 0 fully saturated rings. The van der Waals surface area contributed by atoms with Crippen molar-refractivity contribution in [2.45, 2.75) is 13.0 Å². The Hall–Kier alpha value is -2.73. The molecule has 0 heterocycles. The zero-order chi connectivity index (χ0) is 17.5. The maximum atomic E-state index is 12.2. The van der Waals surface area contributed by atoms with Crippen LogP contribution < -0.4 is 20.5 Å². The maximum absolute atomic E-state index is 12.2. The van der Waals surface area contributed by atoms with Gasteiger partial charge in [0, 0.05) is 16.8 Å². The summed E-state index contributed by atoms with van der Waals surface area (Å²) >= 11 is 5.88. The van der Waals surface area contributed by atoms with E-state index in [0.717, 1.165) is 0 Å². The lowest BCUT2D eigenvalue weighted by Crippen LogP contribution is -2.30. The van der Waals surface area contributed by atoms with E-state index >= 15 is 0 Å². The summed E-state index contributed by atoms with van der Waals surface area (Å²) in [4.78, 5) is 22.9. The molecular weight excluding hydrogens is 332 g/mol. The fraction of sp³-hybridized carbons (Fsp3) is 0.176. The van der Waals surface area contributed by atoms with Crippen LogP contribution in [0.25, 0.3) is 0 Å². The van der Waals surface area contributed by atoms with Gasteiger partial charge in [-0.25, -0.2) is 0 Å². The number of carbonyl (C=O) groups excluding carboxylic acids is 2. The molecule has 0 radical (unpaired) electrons. The van der Waals surface area contributed by atoms with Crippen molar-refractivity contribution in [2.24, 2.45) is 5.73 Å². The van der Waals surface area contributed by atoms with E-state index in [9.17, 15) is 9.59 Å². The van der Waals surface area contributed by atoms with Gasteiger partial charge < -0.3 is 20.5 Å². The van der Waals surface area contributed by atoms with Gasteiger partial charge >= 0.3 is 0 Å². The highest BCUT2D eigenvalue weighted by molar-refractivity contribution is 6.30. The van der Waals surface area contributed by atoms with Crippen molar-refractivity contribution in [3.05, 3.63) is 53.6 Å². The van der Waals surface area contributed by atoms with Gasteiger partial charge in [-0.05, 0) is 37.3 Å². The number of benzene rings is 2. The lowest BCUT2D eigenvalue weighted by atomic mass is 10.2. The molecule has 0 saturated carbocycles. The predicted octanol–water partition coefficient (Wildman–Crippen LogP) is 2.61. The second-order valence-electron chi connectivity index (χ2n) is 4.99. The van der Waals surface area contributed by atoms with Crippen LogP contribution in [0, 0.1) is 0 Å². The molecule has 3 N–H and O–H groups in total. The Bertz CT molecular complexity index is 736. The number of amides is 2. The van der Waals surface area contributed by atoms with Gasteiger partial charge in [0.1, 0.15) is 11.5 Å². The molecule has 0 saturated heterocycles. The van der Waals surface area contributed by atoms with E-state index in [-0.39, 0.29) is 12.5 Å². The first-order valence-electron chi connectivity index (χ1n) is 7.18. The molecule has 0 aliphatic heterocycles. The van der Waals surface area contributed by atoms with Gasteiger partial charge in [0.15, 0.2) is 12.7 Å². The van der Waals surface area contributed by atoms with Gasteiger partial charge in [0.2, 0.25) is 0 Å². The number of carbonyl (C=O) groups is 2. The van der Waals surface area contributed by atoms with Crippen molar-refractivity contribution >= 4 is 29.1 Å². The van der Waals surface area contributed by atoms with Crippen LogP contribution in [0.3, 0.4) is 0 Å². The average Bonchev–Trinajstić information content (AvgIpc) is 2.53. The lowest BCUT2D eigenvalue weighted by molar-refractivity contribution is -0.122. The van der Waals surface area contributed by atoms with Crippen molar-refractivity contribution in [3.8, 4) is 11.5 Å². The van der Waals surface area contributed by atoms with Gasteiger partial charge in [-0.15, -0.1) is 0 Å². The standard InChI is InChI=1S/C17H17ClN2O4/c1-11(24-15-7-2-4-12(18)8-15)17(22)20-13-5-3-6-14(9-13)23-10-16(19)21/h2-9,11H,10H2,1H3,(H2,19,21)(H,20,22). The number of ether oxygens (including phenoxy) is 2. The Morgan fingerprint density at radius 3 is 2.58 bits per heavy atom. The Balaban J connectivity index is 1.95. The van der Waals surface area contributed by atoms with Gasteiger partial charge in [-0.3, -0.25) is 9.59 Å². The summed E-state index contributed by atoms with van der Waals surface area (Å²) in [5.74, 6) is 0.0220. The third-order valence-corrected chi connectivity index (χ3v) is 3.20. The minimum atomic E-state index is -0.723.